The third-order valence-corrected chi connectivity index (χ3v) is 4.40. The number of aromatic amines is 1. The fourth-order valence-electron chi connectivity index (χ4n) is 3.11. The monoisotopic (exact) mass is 385 g/mol. The summed E-state index contributed by atoms with van der Waals surface area (Å²) in [6, 6.07) is 2.86. The molecule has 2 N–H and O–H groups in total. The lowest BCUT2D eigenvalue weighted by molar-refractivity contribution is -0.145. The number of hydrogen-bond acceptors (Lipinski definition) is 6. The van der Waals surface area contributed by atoms with Crippen molar-refractivity contribution in [3.8, 4) is 17.2 Å². The van der Waals surface area contributed by atoms with Crippen LogP contribution >= 0.6 is 0 Å². The fraction of sp³-hybridized carbons (Fsp3) is 0.412. The molecule has 1 aromatic heterocycles. The summed E-state index contributed by atoms with van der Waals surface area (Å²) in [4.78, 5) is 19.2. The van der Waals surface area contributed by atoms with Crippen LogP contribution in [0.15, 0.2) is 16.9 Å². The Morgan fingerprint density at radius 2 is 1.89 bits per heavy atom. The van der Waals surface area contributed by atoms with Crippen molar-refractivity contribution < 1.29 is 27.8 Å². The van der Waals surface area contributed by atoms with Crippen molar-refractivity contribution in [2.45, 2.75) is 25.7 Å². The van der Waals surface area contributed by atoms with Crippen LogP contribution in [0.3, 0.4) is 0 Å². The van der Waals surface area contributed by atoms with Gasteiger partial charge in [-0.25, -0.2) is 4.98 Å². The lowest BCUT2D eigenvalue weighted by Crippen LogP contribution is -2.36. The minimum absolute atomic E-state index is 0.0283. The van der Waals surface area contributed by atoms with E-state index < -0.39 is 17.6 Å². The molecule has 1 aliphatic rings. The van der Waals surface area contributed by atoms with E-state index in [2.05, 4.69) is 4.98 Å². The quantitative estimate of drug-likeness (QED) is 0.838. The Labute approximate surface area is 152 Å². The summed E-state index contributed by atoms with van der Waals surface area (Å²) in [5.74, 6) is -0.535. The van der Waals surface area contributed by atoms with Crippen LogP contribution in [0.25, 0.3) is 0 Å². The number of aromatic hydroxyl groups is 1. The highest BCUT2D eigenvalue weighted by atomic mass is 19.4. The highest BCUT2D eigenvalue weighted by Gasteiger charge is 2.36. The molecule has 2 heterocycles. The minimum atomic E-state index is -4.72. The van der Waals surface area contributed by atoms with Gasteiger partial charge in [0.05, 0.1) is 25.5 Å². The number of nitrogens with one attached hydrogen (secondary N) is 1. The Morgan fingerprint density at radius 3 is 2.44 bits per heavy atom. The number of phenolic OH excluding ortho intramolecular Hbond substituents is 1. The third-order valence-electron chi connectivity index (χ3n) is 4.40. The van der Waals surface area contributed by atoms with Crippen molar-refractivity contribution in [3.63, 3.8) is 0 Å². The van der Waals surface area contributed by atoms with E-state index in [1.54, 1.807) is 4.98 Å². The Hall–Kier alpha value is -2.75. The standard InChI is InChI=1S/C17H18F3N3O4/c1-26-13-5-9(24)6-14(27-2)11(13)7-23-4-3-10-12(8-23)21-16(17(18,19)20)22-15(10)25/h5-6,24H,3-4,7-8H2,1-2H3,(H,21,22,25). The highest BCUT2D eigenvalue weighted by molar-refractivity contribution is 5.50. The third kappa shape index (κ3) is 3.85. The number of methoxy groups -OCH3 is 2. The van der Waals surface area contributed by atoms with E-state index in [0.717, 1.165) is 0 Å². The lowest BCUT2D eigenvalue weighted by atomic mass is 10.0. The van der Waals surface area contributed by atoms with Gasteiger partial charge in [0, 0.05) is 37.3 Å². The van der Waals surface area contributed by atoms with Crippen molar-refractivity contribution in [2.75, 3.05) is 20.8 Å². The highest BCUT2D eigenvalue weighted by Crippen LogP contribution is 2.35. The van der Waals surface area contributed by atoms with Gasteiger partial charge >= 0.3 is 6.18 Å². The molecule has 0 amide bonds. The number of benzene rings is 1. The van der Waals surface area contributed by atoms with Crippen molar-refractivity contribution >= 4 is 0 Å². The molecule has 1 aromatic carbocycles. The normalized spacial score (nSPS) is 14.7. The van der Waals surface area contributed by atoms with Crippen LogP contribution < -0.4 is 15.0 Å². The van der Waals surface area contributed by atoms with Gasteiger partial charge in [-0.05, 0) is 6.42 Å². The SMILES string of the molecule is COc1cc(O)cc(OC)c1CN1CCc2c(nc(C(F)(F)F)[nH]c2=O)C1. The van der Waals surface area contributed by atoms with E-state index in [4.69, 9.17) is 9.47 Å². The Bertz CT molecular complexity index is 886. The second-order valence-electron chi connectivity index (χ2n) is 6.13. The first kappa shape index (κ1) is 19.0. The first-order valence-electron chi connectivity index (χ1n) is 8.08. The van der Waals surface area contributed by atoms with Gasteiger partial charge in [0.15, 0.2) is 0 Å². The fourth-order valence-corrected chi connectivity index (χ4v) is 3.11. The topological polar surface area (TPSA) is 87.7 Å². The van der Waals surface area contributed by atoms with Crippen LogP contribution in [-0.2, 0) is 25.7 Å². The lowest BCUT2D eigenvalue weighted by Gasteiger charge is -2.29. The molecule has 0 unspecified atom stereocenters. The van der Waals surface area contributed by atoms with Crippen LogP contribution in [0, 0.1) is 0 Å². The molecule has 0 radical (unpaired) electrons. The average Bonchev–Trinajstić information content (AvgIpc) is 2.61. The summed E-state index contributed by atoms with van der Waals surface area (Å²) in [5, 5.41) is 9.73. The number of halogens is 3. The molecule has 0 bridgehead atoms. The molecule has 0 fully saturated rings. The molecule has 0 atom stereocenters. The maximum absolute atomic E-state index is 12.9. The van der Waals surface area contributed by atoms with Gasteiger partial charge in [0.2, 0.25) is 5.82 Å². The maximum Gasteiger partial charge on any atom is 0.449 e. The Morgan fingerprint density at radius 1 is 1.26 bits per heavy atom. The molecule has 146 valence electrons. The van der Waals surface area contributed by atoms with E-state index in [0.29, 0.717) is 30.2 Å². The van der Waals surface area contributed by atoms with Crippen LogP contribution in [-0.4, -0.2) is 40.7 Å². The summed E-state index contributed by atoms with van der Waals surface area (Å²) >= 11 is 0. The molecule has 3 rings (SSSR count). The predicted octanol–water partition coefficient (Wildman–Crippen LogP) is 2.07. The largest absolute Gasteiger partial charge is 0.508 e. The van der Waals surface area contributed by atoms with Gasteiger partial charge in [0.1, 0.15) is 17.2 Å². The minimum Gasteiger partial charge on any atom is -0.508 e. The molecule has 1 aliphatic heterocycles. The van der Waals surface area contributed by atoms with Crippen molar-refractivity contribution in [3.05, 3.63) is 45.1 Å². The smallest absolute Gasteiger partial charge is 0.449 e. The molecule has 0 saturated carbocycles. The molecule has 0 saturated heterocycles. The average molecular weight is 385 g/mol. The number of aromatic nitrogens is 2. The molecule has 7 nitrogen and oxygen atoms in total. The van der Waals surface area contributed by atoms with Gasteiger partial charge in [-0.15, -0.1) is 0 Å². The van der Waals surface area contributed by atoms with Crippen molar-refractivity contribution in [2.24, 2.45) is 0 Å². The zero-order valence-corrected chi connectivity index (χ0v) is 14.7. The molecule has 2 aromatic rings. The van der Waals surface area contributed by atoms with Gasteiger partial charge in [-0.3, -0.25) is 9.69 Å². The van der Waals surface area contributed by atoms with Gasteiger partial charge in [-0.2, -0.15) is 13.2 Å². The number of nitrogens with zero attached hydrogens (tertiary/aromatic N) is 2. The van der Waals surface area contributed by atoms with E-state index >= 15 is 0 Å². The molecule has 0 aliphatic carbocycles. The Kier molecular flexibility index (Phi) is 5.01. The predicted molar refractivity (Wildman–Crippen MR) is 88.9 cm³/mol. The molecular weight excluding hydrogens is 367 g/mol. The van der Waals surface area contributed by atoms with Crippen molar-refractivity contribution in [1.29, 1.82) is 0 Å². The summed E-state index contributed by atoms with van der Waals surface area (Å²) in [6.07, 6.45) is -4.45. The number of H-pyrrole nitrogens is 1. The van der Waals surface area contributed by atoms with Gasteiger partial charge < -0.3 is 19.6 Å². The summed E-state index contributed by atoms with van der Waals surface area (Å²) < 4.78 is 49.3. The van der Waals surface area contributed by atoms with Crippen LogP contribution in [0.2, 0.25) is 0 Å². The second-order valence-corrected chi connectivity index (χ2v) is 6.13. The van der Waals surface area contributed by atoms with Gasteiger partial charge in [-0.1, -0.05) is 0 Å². The first-order chi connectivity index (χ1) is 12.7. The molecule has 27 heavy (non-hydrogen) atoms. The number of phenols is 1. The number of alkyl halides is 3. The maximum atomic E-state index is 12.9. The van der Waals surface area contributed by atoms with E-state index in [1.807, 2.05) is 4.90 Å². The molecule has 10 heteroatoms. The number of fused-ring (bicyclic) bond motifs is 1. The zero-order chi connectivity index (χ0) is 19.8. The molecular formula is C17H18F3N3O4. The second kappa shape index (κ2) is 7.10. The Balaban J connectivity index is 1.91. The van der Waals surface area contributed by atoms with Crippen molar-refractivity contribution in [1.82, 2.24) is 14.9 Å². The summed E-state index contributed by atoms with van der Waals surface area (Å²) in [7, 11) is 2.89. The van der Waals surface area contributed by atoms with Gasteiger partial charge in [0.25, 0.3) is 5.56 Å². The van der Waals surface area contributed by atoms with Crippen LogP contribution in [0.5, 0.6) is 17.2 Å². The van der Waals surface area contributed by atoms with E-state index in [-0.39, 0.29) is 30.0 Å². The number of ether oxygens (including phenoxy) is 2. The molecule has 0 spiro atoms. The number of hydrogen-bond donors (Lipinski definition) is 2. The van der Waals surface area contributed by atoms with Crippen LogP contribution in [0.1, 0.15) is 22.6 Å². The van der Waals surface area contributed by atoms with E-state index in [1.165, 1.54) is 26.4 Å². The van der Waals surface area contributed by atoms with E-state index in [9.17, 15) is 23.1 Å². The van der Waals surface area contributed by atoms with Crippen LogP contribution in [0.4, 0.5) is 13.2 Å². The summed E-state index contributed by atoms with van der Waals surface area (Å²) in [6.45, 7) is 0.827. The summed E-state index contributed by atoms with van der Waals surface area (Å²) in [5.41, 5.74) is 0.256. The first-order valence-corrected chi connectivity index (χ1v) is 8.08. The number of rotatable bonds is 4. The zero-order valence-electron chi connectivity index (χ0n) is 14.7.